The normalized spacial score (nSPS) is 21.6. The summed E-state index contributed by atoms with van der Waals surface area (Å²) in [5, 5.41) is 13.0. The summed E-state index contributed by atoms with van der Waals surface area (Å²) in [6.45, 7) is 0. The first-order valence-electron chi connectivity index (χ1n) is 24.9. The van der Waals surface area contributed by atoms with Gasteiger partial charge in [0, 0.05) is 43.4 Å². The van der Waals surface area contributed by atoms with E-state index >= 15 is 0 Å². The van der Waals surface area contributed by atoms with Crippen LogP contribution in [-0.4, -0.2) is 17.2 Å². The molecular weight excluding hydrogens is 841 g/mol. The van der Waals surface area contributed by atoms with Crippen molar-refractivity contribution in [2.24, 2.45) is 23.7 Å². The summed E-state index contributed by atoms with van der Waals surface area (Å²) in [4.78, 5) is 0. The van der Waals surface area contributed by atoms with Gasteiger partial charge in [0.1, 0.15) is 5.58 Å². The summed E-state index contributed by atoms with van der Waals surface area (Å²) in [6.07, 6.45) is 6.71. The highest BCUT2D eigenvalue weighted by atomic mass is 28.3. The van der Waals surface area contributed by atoms with Gasteiger partial charge in [-0.3, -0.25) is 0 Å². The fraction of sp³-hybridized carbons (Fsp3) is 0.156. The van der Waals surface area contributed by atoms with Gasteiger partial charge in [0.05, 0.1) is 27.8 Å². The van der Waals surface area contributed by atoms with Crippen LogP contribution in [-0.2, 0) is 5.41 Å². The Bertz CT molecular complexity index is 3870. The van der Waals surface area contributed by atoms with Gasteiger partial charge in [-0.25, -0.2) is 0 Å². The summed E-state index contributed by atoms with van der Waals surface area (Å²) < 4.78 is 13.0. The first-order valence-corrected chi connectivity index (χ1v) is 26.9. The molecular formula is C64H48N2OSi. The smallest absolute Gasteiger partial charge is 0.184 e. The molecule has 9 aromatic carbocycles. The van der Waals surface area contributed by atoms with Crippen molar-refractivity contribution in [3.05, 3.63) is 217 Å². The molecule has 17 rings (SSSR count). The van der Waals surface area contributed by atoms with E-state index in [1.165, 1.54) is 124 Å². The van der Waals surface area contributed by atoms with Gasteiger partial charge in [-0.15, -0.1) is 0 Å². The summed E-state index contributed by atoms with van der Waals surface area (Å²) in [5.74, 6) is 2.90. The highest BCUT2D eigenvalue weighted by Crippen LogP contribution is 2.68. The maximum Gasteiger partial charge on any atom is 0.184 e. The van der Waals surface area contributed by atoms with E-state index in [0.717, 1.165) is 23.0 Å². The lowest BCUT2D eigenvalue weighted by atomic mass is 9.41. The predicted octanol–water partition coefficient (Wildman–Crippen LogP) is 13.2. The Kier molecular flexibility index (Phi) is 7.54. The molecule has 4 heteroatoms. The summed E-state index contributed by atoms with van der Waals surface area (Å²) in [6, 6.07) is 78.4. The van der Waals surface area contributed by atoms with Crippen molar-refractivity contribution >= 4 is 94.4 Å². The van der Waals surface area contributed by atoms with E-state index in [1.54, 1.807) is 5.56 Å². The van der Waals surface area contributed by atoms with Crippen molar-refractivity contribution in [1.29, 1.82) is 0 Å². The second-order valence-electron chi connectivity index (χ2n) is 20.8. The molecule has 1 spiro atoms. The van der Waals surface area contributed by atoms with Crippen LogP contribution in [0.1, 0.15) is 43.2 Å². The van der Waals surface area contributed by atoms with Crippen LogP contribution in [0.2, 0.25) is 0 Å². The molecule has 0 radical (unpaired) electrons. The molecule has 3 nitrogen and oxygen atoms in total. The van der Waals surface area contributed by atoms with E-state index in [4.69, 9.17) is 4.42 Å². The van der Waals surface area contributed by atoms with Gasteiger partial charge < -0.3 is 13.6 Å². The Balaban J connectivity index is 1.03. The molecule has 1 aliphatic heterocycles. The molecule has 0 saturated heterocycles. The molecule has 68 heavy (non-hydrogen) atoms. The van der Waals surface area contributed by atoms with Crippen LogP contribution < -0.4 is 20.7 Å². The fourth-order valence-electron chi connectivity index (χ4n) is 15.6. The fourth-order valence-corrected chi connectivity index (χ4v) is 20.5. The van der Waals surface area contributed by atoms with Crippen molar-refractivity contribution in [2.45, 2.75) is 37.5 Å². The SMILES string of the molecule is c1ccc([Si](c2ccccc2)(c2ccccc2)c2cccc3c2oc2c4c(ccc23)C2(c3cccc5c6cc(-n7c8ccccc8c8ccccc87)ccc6n-4c35)C3CC4CC(C3)CC2C4)cc1. The van der Waals surface area contributed by atoms with Crippen LogP contribution in [0.4, 0.5) is 0 Å². The van der Waals surface area contributed by atoms with Crippen LogP contribution in [0.25, 0.3) is 76.9 Å². The van der Waals surface area contributed by atoms with Gasteiger partial charge in [0.25, 0.3) is 0 Å². The van der Waals surface area contributed by atoms with E-state index in [2.05, 4.69) is 215 Å². The largest absolute Gasteiger partial charge is 0.454 e. The maximum absolute atomic E-state index is 7.89. The number of para-hydroxylation sites is 4. The Morgan fingerprint density at radius 3 is 1.56 bits per heavy atom. The number of nitrogens with zero attached hydrogens (tertiary/aromatic N) is 2. The molecule has 0 N–H and O–H groups in total. The minimum absolute atomic E-state index is 0.0745. The molecule has 4 heterocycles. The predicted molar refractivity (Wildman–Crippen MR) is 284 cm³/mol. The van der Waals surface area contributed by atoms with Crippen LogP contribution in [0.3, 0.4) is 0 Å². The van der Waals surface area contributed by atoms with Gasteiger partial charge in [-0.1, -0.05) is 176 Å². The molecule has 0 amide bonds. The van der Waals surface area contributed by atoms with Gasteiger partial charge >= 0.3 is 0 Å². The average Bonchev–Trinajstić information content (AvgIpc) is 4.06. The number of hydrogen-bond acceptors (Lipinski definition) is 1. The topological polar surface area (TPSA) is 23.0 Å². The summed E-state index contributed by atoms with van der Waals surface area (Å²) >= 11 is 0. The molecule has 5 aliphatic rings. The zero-order chi connectivity index (χ0) is 44.3. The molecule has 4 fully saturated rings. The van der Waals surface area contributed by atoms with Crippen LogP contribution in [0, 0.1) is 23.7 Å². The zero-order valence-corrected chi connectivity index (χ0v) is 38.8. The quantitative estimate of drug-likeness (QED) is 0.125. The van der Waals surface area contributed by atoms with Gasteiger partial charge in [0.15, 0.2) is 13.7 Å². The number of fused-ring (bicyclic) bond motifs is 12. The average molecular weight is 889 g/mol. The van der Waals surface area contributed by atoms with Crippen molar-refractivity contribution in [3.63, 3.8) is 0 Å². The third-order valence-corrected chi connectivity index (χ3v) is 22.6. The third-order valence-electron chi connectivity index (χ3n) is 17.8. The molecule has 0 unspecified atom stereocenters. The Morgan fingerprint density at radius 2 is 0.926 bits per heavy atom. The lowest BCUT2D eigenvalue weighted by molar-refractivity contribution is -0.0418. The maximum atomic E-state index is 7.89. The van der Waals surface area contributed by atoms with E-state index in [9.17, 15) is 0 Å². The van der Waals surface area contributed by atoms with Crippen molar-refractivity contribution in [3.8, 4) is 11.4 Å². The van der Waals surface area contributed by atoms with E-state index < -0.39 is 8.07 Å². The first kappa shape index (κ1) is 37.7. The van der Waals surface area contributed by atoms with Gasteiger partial charge in [-0.2, -0.15) is 0 Å². The summed E-state index contributed by atoms with van der Waals surface area (Å²) in [7, 11) is -2.94. The minimum atomic E-state index is -2.94. The van der Waals surface area contributed by atoms with Crippen LogP contribution in [0.15, 0.2) is 211 Å². The number of furan rings is 1. The third kappa shape index (κ3) is 4.64. The van der Waals surface area contributed by atoms with E-state index in [0.29, 0.717) is 11.8 Å². The molecule has 12 aromatic rings. The summed E-state index contributed by atoms with van der Waals surface area (Å²) in [5.41, 5.74) is 12.6. The highest BCUT2D eigenvalue weighted by Gasteiger charge is 2.61. The molecule has 3 aromatic heterocycles. The number of rotatable bonds is 5. The lowest BCUT2D eigenvalue weighted by Gasteiger charge is -2.63. The van der Waals surface area contributed by atoms with Gasteiger partial charge in [-0.05, 0) is 118 Å². The molecule has 4 saturated carbocycles. The standard InChI is InChI=1S/C64H48N2OSi/c1-4-16-45(17-5-1)68(46-18-6-2-7-19-46,47-20-8-3-9-21-47)59-29-15-25-51-52-31-32-55-61(63(52)67-62(51)59)66-58-33-30-44(65-56-27-12-10-22-48(56)49-23-11-13-28-57(49)65)39-53(58)50-24-14-26-54(60(50)66)64(55)42-35-40-34-41(37-42)38-43(64)36-40/h1-33,39-43H,34-38H2. The van der Waals surface area contributed by atoms with E-state index in [1.807, 2.05) is 0 Å². The van der Waals surface area contributed by atoms with Crippen LogP contribution in [0.5, 0.6) is 0 Å². The Morgan fingerprint density at radius 1 is 0.397 bits per heavy atom. The number of benzene rings is 9. The Hall–Kier alpha value is -7.40. The monoisotopic (exact) mass is 888 g/mol. The van der Waals surface area contributed by atoms with Crippen molar-refractivity contribution < 1.29 is 4.42 Å². The van der Waals surface area contributed by atoms with Crippen molar-refractivity contribution in [2.75, 3.05) is 0 Å². The van der Waals surface area contributed by atoms with Crippen LogP contribution >= 0.6 is 0 Å². The van der Waals surface area contributed by atoms with Crippen molar-refractivity contribution in [1.82, 2.24) is 9.13 Å². The zero-order valence-electron chi connectivity index (χ0n) is 37.8. The Labute approximate surface area is 395 Å². The highest BCUT2D eigenvalue weighted by molar-refractivity contribution is 7.20. The molecule has 324 valence electrons. The first-order chi connectivity index (χ1) is 33.7. The molecule has 4 aliphatic carbocycles. The molecule has 0 atom stereocenters. The lowest BCUT2D eigenvalue weighted by Crippen LogP contribution is -2.74. The second kappa shape index (κ2) is 13.6. The number of hydrogen-bond donors (Lipinski definition) is 0. The minimum Gasteiger partial charge on any atom is -0.454 e. The number of aromatic nitrogens is 2. The molecule has 4 bridgehead atoms. The second-order valence-corrected chi connectivity index (χ2v) is 24.5. The van der Waals surface area contributed by atoms with E-state index in [-0.39, 0.29) is 5.41 Å². The van der Waals surface area contributed by atoms with Gasteiger partial charge in [0.2, 0.25) is 0 Å².